The van der Waals surface area contributed by atoms with Crippen LogP contribution in [0.5, 0.6) is 10.9 Å². The van der Waals surface area contributed by atoms with Gasteiger partial charge in [-0.1, -0.05) is 35.5 Å². The molecular formula is C13H17N3OS. The Kier molecular flexibility index (Phi) is 4.28. The number of aromatic nitrogens is 2. The first-order chi connectivity index (χ1) is 8.69. The molecule has 0 radical (unpaired) electrons. The Balaban J connectivity index is 2.08. The van der Waals surface area contributed by atoms with Crippen molar-refractivity contribution in [3.8, 4) is 10.9 Å². The summed E-state index contributed by atoms with van der Waals surface area (Å²) in [6.45, 7) is 7.80. The van der Waals surface area contributed by atoms with Crippen molar-refractivity contribution in [2.24, 2.45) is 0 Å². The summed E-state index contributed by atoms with van der Waals surface area (Å²) >= 11 is 1.48. The van der Waals surface area contributed by atoms with Gasteiger partial charge in [-0.3, -0.25) is 0 Å². The normalized spacial score (nSPS) is 10.6. The molecule has 0 atom stereocenters. The van der Waals surface area contributed by atoms with Gasteiger partial charge in [-0.25, -0.2) is 0 Å². The van der Waals surface area contributed by atoms with Gasteiger partial charge < -0.3 is 10.1 Å². The van der Waals surface area contributed by atoms with E-state index in [-0.39, 0.29) is 0 Å². The second-order valence-corrected chi connectivity index (χ2v) is 5.14. The highest BCUT2D eigenvalue weighted by molar-refractivity contribution is 7.13. The smallest absolute Gasteiger partial charge is 0.299 e. The molecule has 5 heteroatoms. The molecule has 0 saturated heterocycles. The molecule has 2 aromatic rings. The standard InChI is InChI=1S/C13H17N3OS/c1-4-14-8-12-15-16-13(18-12)17-11-7-9(2)5-6-10(11)3/h5-7,14H,4,8H2,1-3H3. The van der Waals surface area contributed by atoms with Crippen molar-refractivity contribution >= 4 is 11.3 Å². The summed E-state index contributed by atoms with van der Waals surface area (Å²) in [5.74, 6) is 0.848. The van der Waals surface area contributed by atoms with E-state index in [1.807, 2.05) is 26.0 Å². The van der Waals surface area contributed by atoms with Gasteiger partial charge in [0.1, 0.15) is 10.8 Å². The van der Waals surface area contributed by atoms with Gasteiger partial charge in [-0.2, -0.15) is 0 Å². The maximum absolute atomic E-state index is 5.77. The molecule has 0 amide bonds. The zero-order valence-electron chi connectivity index (χ0n) is 10.9. The average Bonchev–Trinajstić information content (AvgIpc) is 2.79. The van der Waals surface area contributed by atoms with Crippen molar-refractivity contribution in [1.29, 1.82) is 0 Å². The van der Waals surface area contributed by atoms with E-state index >= 15 is 0 Å². The Bertz CT molecular complexity index is 525. The first-order valence-corrected chi connectivity index (χ1v) is 6.79. The molecule has 1 heterocycles. The average molecular weight is 263 g/mol. The second-order valence-electron chi connectivity index (χ2n) is 4.11. The van der Waals surface area contributed by atoms with Crippen LogP contribution in [0.3, 0.4) is 0 Å². The van der Waals surface area contributed by atoms with E-state index in [1.165, 1.54) is 16.9 Å². The van der Waals surface area contributed by atoms with Gasteiger partial charge in [0, 0.05) is 6.54 Å². The number of rotatable bonds is 5. The van der Waals surface area contributed by atoms with Gasteiger partial charge in [0.25, 0.3) is 5.19 Å². The fourth-order valence-electron chi connectivity index (χ4n) is 1.49. The monoisotopic (exact) mass is 263 g/mol. The van der Waals surface area contributed by atoms with Crippen LogP contribution < -0.4 is 10.1 Å². The fourth-order valence-corrected chi connectivity index (χ4v) is 2.16. The van der Waals surface area contributed by atoms with E-state index in [0.717, 1.165) is 29.4 Å². The molecule has 0 aliphatic carbocycles. The maximum atomic E-state index is 5.77. The van der Waals surface area contributed by atoms with Crippen LogP contribution in [-0.2, 0) is 6.54 Å². The molecule has 0 fully saturated rings. The molecule has 0 bridgehead atoms. The highest BCUT2D eigenvalue weighted by Crippen LogP contribution is 2.28. The van der Waals surface area contributed by atoms with Crippen LogP contribution in [0.25, 0.3) is 0 Å². The van der Waals surface area contributed by atoms with E-state index in [0.29, 0.717) is 5.19 Å². The molecule has 2 rings (SSSR count). The van der Waals surface area contributed by atoms with E-state index in [1.54, 1.807) is 0 Å². The first kappa shape index (κ1) is 13.0. The summed E-state index contributed by atoms with van der Waals surface area (Å²) in [7, 11) is 0. The fraction of sp³-hybridized carbons (Fsp3) is 0.385. The molecule has 0 aliphatic heterocycles. The van der Waals surface area contributed by atoms with Crippen LogP contribution in [0.15, 0.2) is 18.2 Å². The SMILES string of the molecule is CCNCc1nnc(Oc2cc(C)ccc2C)s1. The van der Waals surface area contributed by atoms with Gasteiger partial charge in [0.15, 0.2) is 0 Å². The molecular weight excluding hydrogens is 246 g/mol. The largest absolute Gasteiger partial charge is 0.430 e. The predicted molar refractivity (Wildman–Crippen MR) is 73.3 cm³/mol. The molecule has 0 saturated carbocycles. The lowest BCUT2D eigenvalue weighted by Gasteiger charge is -2.05. The topological polar surface area (TPSA) is 47.0 Å². The van der Waals surface area contributed by atoms with Crippen LogP contribution >= 0.6 is 11.3 Å². The number of benzene rings is 1. The molecule has 96 valence electrons. The number of nitrogens with one attached hydrogen (secondary N) is 1. The number of aryl methyl sites for hydroxylation is 2. The third kappa shape index (κ3) is 3.27. The van der Waals surface area contributed by atoms with E-state index < -0.39 is 0 Å². The summed E-state index contributed by atoms with van der Waals surface area (Å²) in [5, 5.41) is 12.9. The van der Waals surface area contributed by atoms with Gasteiger partial charge >= 0.3 is 0 Å². The Labute approximate surface area is 111 Å². The van der Waals surface area contributed by atoms with Crippen molar-refractivity contribution in [3.05, 3.63) is 34.3 Å². The number of nitrogens with zero attached hydrogens (tertiary/aromatic N) is 2. The van der Waals surface area contributed by atoms with Crippen LogP contribution in [-0.4, -0.2) is 16.7 Å². The zero-order valence-corrected chi connectivity index (χ0v) is 11.7. The molecule has 1 aromatic heterocycles. The van der Waals surface area contributed by atoms with Crippen molar-refractivity contribution in [2.45, 2.75) is 27.3 Å². The summed E-state index contributed by atoms with van der Waals surface area (Å²) in [6, 6.07) is 6.13. The minimum Gasteiger partial charge on any atom is -0.430 e. The van der Waals surface area contributed by atoms with Gasteiger partial charge in [-0.15, -0.1) is 5.10 Å². The van der Waals surface area contributed by atoms with E-state index in [2.05, 4.69) is 28.5 Å². The number of ether oxygens (including phenoxy) is 1. The summed E-state index contributed by atoms with van der Waals surface area (Å²) in [4.78, 5) is 0. The van der Waals surface area contributed by atoms with Crippen LogP contribution in [0.4, 0.5) is 0 Å². The first-order valence-electron chi connectivity index (χ1n) is 5.97. The van der Waals surface area contributed by atoms with Crippen molar-refractivity contribution in [2.75, 3.05) is 6.54 Å². The molecule has 0 aliphatic rings. The number of hydrogen-bond acceptors (Lipinski definition) is 5. The maximum Gasteiger partial charge on any atom is 0.299 e. The summed E-state index contributed by atoms with van der Waals surface area (Å²) in [5.41, 5.74) is 2.28. The van der Waals surface area contributed by atoms with Crippen molar-refractivity contribution < 1.29 is 4.74 Å². The van der Waals surface area contributed by atoms with Gasteiger partial charge in [0.05, 0.1) is 0 Å². The Morgan fingerprint density at radius 2 is 2.11 bits per heavy atom. The lowest BCUT2D eigenvalue weighted by Crippen LogP contribution is -2.11. The third-order valence-corrected chi connectivity index (χ3v) is 3.32. The second kappa shape index (κ2) is 5.93. The lowest BCUT2D eigenvalue weighted by molar-refractivity contribution is 0.469. The molecule has 0 spiro atoms. The van der Waals surface area contributed by atoms with E-state index in [9.17, 15) is 0 Å². The quantitative estimate of drug-likeness (QED) is 0.900. The van der Waals surface area contributed by atoms with Crippen molar-refractivity contribution in [1.82, 2.24) is 15.5 Å². The van der Waals surface area contributed by atoms with Crippen LogP contribution in [0, 0.1) is 13.8 Å². The number of hydrogen-bond donors (Lipinski definition) is 1. The Morgan fingerprint density at radius 3 is 2.89 bits per heavy atom. The summed E-state index contributed by atoms with van der Waals surface area (Å²) < 4.78 is 5.77. The van der Waals surface area contributed by atoms with Crippen molar-refractivity contribution in [3.63, 3.8) is 0 Å². The van der Waals surface area contributed by atoms with E-state index in [4.69, 9.17) is 4.74 Å². The Morgan fingerprint density at radius 1 is 1.28 bits per heavy atom. The third-order valence-electron chi connectivity index (χ3n) is 2.52. The van der Waals surface area contributed by atoms with Crippen LogP contribution in [0.1, 0.15) is 23.1 Å². The van der Waals surface area contributed by atoms with Crippen LogP contribution in [0.2, 0.25) is 0 Å². The summed E-state index contributed by atoms with van der Waals surface area (Å²) in [6.07, 6.45) is 0. The minimum absolute atomic E-state index is 0.594. The molecule has 18 heavy (non-hydrogen) atoms. The molecule has 1 N–H and O–H groups in total. The van der Waals surface area contributed by atoms with Gasteiger partial charge in [0.2, 0.25) is 0 Å². The molecule has 4 nitrogen and oxygen atoms in total. The zero-order chi connectivity index (χ0) is 13.0. The Hall–Kier alpha value is -1.46. The van der Waals surface area contributed by atoms with Gasteiger partial charge in [-0.05, 0) is 37.6 Å². The minimum atomic E-state index is 0.594. The predicted octanol–water partition coefficient (Wildman–Crippen LogP) is 3.06. The highest BCUT2D eigenvalue weighted by Gasteiger charge is 2.07. The highest BCUT2D eigenvalue weighted by atomic mass is 32.1. The molecule has 0 unspecified atom stereocenters. The lowest BCUT2D eigenvalue weighted by atomic mass is 10.1. The molecule has 1 aromatic carbocycles.